The highest BCUT2D eigenvalue weighted by atomic mass is 16.2. The van der Waals surface area contributed by atoms with E-state index in [1.165, 1.54) is 22.9 Å². The second-order valence-corrected chi connectivity index (χ2v) is 3.93. The lowest BCUT2D eigenvalue weighted by atomic mass is 10.3. The first-order chi connectivity index (χ1) is 8.49. The average Bonchev–Trinajstić information content (AvgIpc) is 2.65. The highest BCUT2D eigenvalue weighted by Gasteiger charge is 2.15. The van der Waals surface area contributed by atoms with E-state index in [2.05, 4.69) is 15.5 Å². The summed E-state index contributed by atoms with van der Waals surface area (Å²) >= 11 is 0. The van der Waals surface area contributed by atoms with Gasteiger partial charge in [-0.3, -0.25) is 14.7 Å². The zero-order chi connectivity index (χ0) is 13.3. The maximum Gasteiger partial charge on any atom is 0.278 e. The number of rotatable bonds is 2. The summed E-state index contributed by atoms with van der Waals surface area (Å²) in [7, 11) is 1.60. The normalized spacial score (nSPS) is 10.3. The first-order valence-corrected chi connectivity index (χ1v) is 5.27. The van der Waals surface area contributed by atoms with Crippen molar-refractivity contribution in [3.8, 4) is 0 Å². The van der Waals surface area contributed by atoms with Gasteiger partial charge in [0.15, 0.2) is 5.69 Å². The van der Waals surface area contributed by atoms with Crippen LogP contribution in [0.3, 0.4) is 0 Å². The van der Waals surface area contributed by atoms with E-state index in [0.717, 1.165) is 0 Å². The number of amides is 1. The van der Waals surface area contributed by atoms with Crippen molar-refractivity contribution < 1.29 is 4.79 Å². The molecular formula is C11H13N5O2. The van der Waals surface area contributed by atoms with Crippen LogP contribution in [0.1, 0.15) is 16.2 Å². The highest BCUT2D eigenvalue weighted by molar-refractivity contribution is 6.06. The van der Waals surface area contributed by atoms with Crippen molar-refractivity contribution in [1.82, 2.24) is 14.8 Å². The standard InChI is InChI=1S/C11H13N5O2/c1-6-9(12)10(15-14-6)11(18)13-7-3-4-8(17)16(2)5-7/h3-5H,12H2,1-2H3,(H,13,18)(H,14,15). The molecule has 1 amide bonds. The van der Waals surface area contributed by atoms with Gasteiger partial charge in [0.1, 0.15) is 0 Å². The molecule has 0 bridgehead atoms. The summed E-state index contributed by atoms with van der Waals surface area (Å²) in [4.78, 5) is 23.1. The Labute approximate surface area is 103 Å². The third-order valence-electron chi connectivity index (χ3n) is 2.55. The van der Waals surface area contributed by atoms with Crippen molar-refractivity contribution in [1.29, 1.82) is 0 Å². The number of nitrogen functional groups attached to an aromatic ring is 1. The monoisotopic (exact) mass is 247 g/mol. The van der Waals surface area contributed by atoms with Gasteiger partial charge >= 0.3 is 0 Å². The molecule has 2 aromatic heterocycles. The smallest absolute Gasteiger partial charge is 0.278 e. The summed E-state index contributed by atoms with van der Waals surface area (Å²) in [6, 6.07) is 2.89. The van der Waals surface area contributed by atoms with Gasteiger partial charge in [-0.05, 0) is 13.0 Å². The van der Waals surface area contributed by atoms with Gasteiger partial charge in [0, 0.05) is 19.3 Å². The van der Waals surface area contributed by atoms with Crippen LogP contribution in [-0.2, 0) is 7.05 Å². The van der Waals surface area contributed by atoms with Crippen LogP contribution in [0.25, 0.3) is 0 Å². The van der Waals surface area contributed by atoms with Crippen LogP contribution in [0.4, 0.5) is 11.4 Å². The zero-order valence-corrected chi connectivity index (χ0v) is 10.0. The molecule has 0 saturated heterocycles. The fraction of sp³-hybridized carbons (Fsp3) is 0.182. The molecule has 7 heteroatoms. The molecule has 0 fully saturated rings. The molecule has 94 valence electrons. The molecule has 0 radical (unpaired) electrons. The Morgan fingerprint density at radius 1 is 1.50 bits per heavy atom. The molecule has 2 heterocycles. The molecule has 2 aromatic rings. The molecule has 0 unspecified atom stereocenters. The number of nitrogens with zero attached hydrogens (tertiary/aromatic N) is 2. The molecule has 0 aromatic carbocycles. The van der Waals surface area contributed by atoms with E-state index < -0.39 is 5.91 Å². The molecule has 4 N–H and O–H groups in total. The lowest BCUT2D eigenvalue weighted by Gasteiger charge is -2.05. The molecule has 0 saturated carbocycles. The largest absolute Gasteiger partial charge is 0.395 e. The van der Waals surface area contributed by atoms with Gasteiger partial charge in [0.05, 0.1) is 17.1 Å². The summed E-state index contributed by atoms with van der Waals surface area (Å²) in [5.74, 6) is -0.421. The maximum atomic E-state index is 11.9. The Morgan fingerprint density at radius 2 is 2.22 bits per heavy atom. The quantitative estimate of drug-likeness (QED) is 0.707. The van der Waals surface area contributed by atoms with Crippen molar-refractivity contribution in [3.63, 3.8) is 0 Å². The Hall–Kier alpha value is -2.57. The molecule has 0 aliphatic carbocycles. The van der Waals surface area contributed by atoms with Crippen LogP contribution < -0.4 is 16.6 Å². The van der Waals surface area contributed by atoms with E-state index >= 15 is 0 Å². The van der Waals surface area contributed by atoms with Crippen molar-refractivity contribution in [3.05, 3.63) is 40.1 Å². The summed E-state index contributed by atoms with van der Waals surface area (Å²) in [6.07, 6.45) is 1.52. The summed E-state index contributed by atoms with van der Waals surface area (Å²) in [6.45, 7) is 1.73. The molecule has 18 heavy (non-hydrogen) atoms. The van der Waals surface area contributed by atoms with Crippen LogP contribution in [0.2, 0.25) is 0 Å². The SMILES string of the molecule is Cc1[nH]nc(C(=O)Nc2ccc(=O)n(C)c2)c1N. The van der Waals surface area contributed by atoms with Crippen LogP contribution in [0.5, 0.6) is 0 Å². The number of nitrogens with two attached hydrogens (primary N) is 1. The van der Waals surface area contributed by atoms with Gasteiger partial charge in [-0.15, -0.1) is 0 Å². The number of hydrogen-bond acceptors (Lipinski definition) is 4. The predicted molar refractivity (Wildman–Crippen MR) is 67.4 cm³/mol. The van der Waals surface area contributed by atoms with E-state index in [0.29, 0.717) is 17.1 Å². The second kappa shape index (κ2) is 4.36. The number of nitrogens with one attached hydrogen (secondary N) is 2. The highest BCUT2D eigenvalue weighted by Crippen LogP contribution is 2.14. The summed E-state index contributed by atoms with van der Waals surface area (Å²) in [5, 5.41) is 9.07. The first-order valence-electron chi connectivity index (χ1n) is 5.27. The van der Waals surface area contributed by atoms with Crippen LogP contribution in [0, 0.1) is 6.92 Å². The zero-order valence-electron chi connectivity index (χ0n) is 10.0. The number of H-pyrrole nitrogens is 1. The number of aromatic amines is 1. The predicted octanol–water partition coefficient (Wildman–Crippen LogP) is 0.251. The number of carbonyl (C=O) groups is 1. The minimum absolute atomic E-state index is 0.140. The summed E-state index contributed by atoms with van der Waals surface area (Å²) in [5.41, 5.74) is 7.15. The number of carbonyl (C=O) groups excluding carboxylic acids is 1. The fourth-order valence-corrected chi connectivity index (χ4v) is 1.47. The summed E-state index contributed by atoms with van der Waals surface area (Å²) < 4.78 is 1.37. The molecule has 0 aliphatic rings. The van der Waals surface area contributed by atoms with Gasteiger partial charge in [0.2, 0.25) is 5.56 Å². The van der Waals surface area contributed by atoms with Gasteiger partial charge in [-0.1, -0.05) is 0 Å². The number of pyridine rings is 1. The molecule has 7 nitrogen and oxygen atoms in total. The van der Waals surface area contributed by atoms with Crippen molar-refractivity contribution in [2.45, 2.75) is 6.92 Å². The molecule has 2 rings (SSSR count). The van der Waals surface area contributed by atoms with Gasteiger partial charge in [-0.2, -0.15) is 5.10 Å². The second-order valence-electron chi connectivity index (χ2n) is 3.93. The van der Waals surface area contributed by atoms with Crippen molar-refractivity contribution in [2.24, 2.45) is 7.05 Å². The minimum atomic E-state index is -0.421. The topological polar surface area (TPSA) is 106 Å². The molecule has 0 spiro atoms. The third-order valence-corrected chi connectivity index (χ3v) is 2.55. The van der Waals surface area contributed by atoms with E-state index in [-0.39, 0.29) is 11.3 Å². The molecule has 0 atom stereocenters. The Balaban J connectivity index is 2.24. The van der Waals surface area contributed by atoms with Crippen molar-refractivity contribution >= 4 is 17.3 Å². The molecular weight excluding hydrogens is 234 g/mol. The van der Waals surface area contributed by atoms with E-state index in [4.69, 9.17) is 5.73 Å². The number of aromatic nitrogens is 3. The third kappa shape index (κ3) is 2.10. The average molecular weight is 247 g/mol. The number of anilines is 2. The Bertz CT molecular complexity index is 656. The van der Waals surface area contributed by atoms with Gasteiger partial charge in [-0.25, -0.2) is 0 Å². The van der Waals surface area contributed by atoms with Crippen LogP contribution in [0.15, 0.2) is 23.1 Å². The Kier molecular flexibility index (Phi) is 2.88. The minimum Gasteiger partial charge on any atom is -0.395 e. The van der Waals surface area contributed by atoms with Crippen molar-refractivity contribution in [2.75, 3.05) is 11.1 Å². The van der Waals surface area contributed by atoms with E-state index in [1.54, 1.807) is 14.0 Å². The molecule has 0 aliphatic heterocycles. The maximum absolute atomic E-state index is 11.9. The number of aryl methyl sites for hydroxylation is 2. The fourth-order valence-electron chi connectivity index (χ4n) is 1.47. The number of hydrogen-bond donors (Lipinski definition) is 3. The van der Waals surface area contributed by atoms with Crippen LogP contribution in [-0.4, -0.2) is 20.7 Å². The lowest BCUT2D eigenvalue weighted by molar-refractivity contribution is 0.102. The van der Waals surface area contributed by atoms with E-state index in [1.807, 2.05) is 0 Å². The lowest BCUT2D eigenvalue weighted by Crippen LogP contribution is -2.18. The van der Waals surface area contributed by atoms with E-state index in [9.17, 15) is 9.59 Å². The first kappa shape index (κ1) is 11.9. The van der Waals surface area contributed by atoms with Crippen LogP contribution >= 0.6 is 0 Å². The van der Waals surface area contributed by atoms with Gasteiger partial charge in [0.25, 0.3) is 5.91 Å². The van der Waals surface area contributed by atoms with Gasteiger partial charge < -0.3 is 15.6 Å². The Morgan fingerprint density at radius 3 is 2.78 bits per heavy atom.